The van der Waals surface area contributed by atoms with Crippen LogP contribution < -0.4 is 22.1 Å². The lowest BCUT2D eigenvalue weighted by atomic mass is 10.1. The Bertz CT molecular complexity index is 642. The van der Waals surface area contributed by atoms with Gasteiger partial charge in [0.1, 0.15) is 18.1 Å². The lowest BCUT2D eigenvalue weighted by Gasteiger charge is -2.28. The molecule has 1 aliphatic rings. The number of carboxylic acid groups (broad SMARTS) is 2. The topological polar surface area (TPSA) is 205 Å². The highest BCUT2D eigenvalue weighted by Gasteiger charge is 2.38. The lowest BCUT2D eigenvalue weighted by Crippen LogP contribution is -2.56. The second kappa shape index (κ2) is 12.8. The number of nitrogens with zero attached hydrogens (tertiary/aromatic N) is 1. The summed E-state index contributed by atoms with van der Waals surface area (Å²) in [5, 5.41) is 23.2. The number of nitrogens with two attached hydrogens (primary N) is 2. The number of nitrogens with one attached hydrogen (secondary N) is 2. The summed E-state index contributed by atoms with van der Waals surface area (Å²) in [6, 6.07) is -3.21. The molecule has 1 heterocycles. The van der Waals surface area contributed by atoms with Gasteiger partial charge in [0.25, 0.3) is 0 Å². The first-order chi connectivity index (χ1) is 14.2. The fraction of sp³-hybridized carbons (Fsp3) is 0.722. The van der Waals surface area contributed by atoms with E-state index in [1.165, 1.54) is 0 Å². The Kier molecular flexibility index (Phi) is 10.8. The van der Waals surface area contributed by atoms with Crippen LogP contribution in [0.25, 0.3) is 0 Å². The van der Waals surface area contributed by atoms with E-state index >= 15 is 0 Å². The third-order valence-corrected chi connectivity index (χ3v) is 4.87. The van der Waals surface area contributed by atoms with Crippen LogP contribution >= 0.6 is 0 Å². The van der Waals surface area contributed by atoms with Gasteiger partial charge >= 0.3 is 11.9 Å². The van der Waals surface area contributed by atoms with Crippen LogP contribution in [0.2, 0.25) is 0 Å². The molecule has 30 heavy (non-hydrogen) atoms. The van der Waals surface area contributed by atoms with Gasteiger partial charge < -0.3 is 37.2 Å². The number of carboxylic acids is 2. The molecular weight excluding hydrogens is 398 g/mol. The van der Waals surface area contributed by atoms with Crippen LogP contribution in [0.4, 0.5) is 0 Å². The van der Waals surface area contributed by atoms with Gasteiger partial charge in [0.2, 0.25) is 17.7 Å². The average Bonchev–Trinajstić information content (AvgIpc) is 3.19. The Morgan fingerprint density at radius 2 is 1.70 bits per heavy atom. The molecule has 170 valence electrons. The van der Waals surface area contributed by atoms with Crippen LogP contribution in [-0.4, -0.2) is 82.5 Å². The highest BCUT2D eigenvalue weighted by atomic mass is 16.4. The summed E-state index contributed by atoms with van der Waals surface area (Å²) in [5.74, 6) is -4.18. The molecule has 8 N–H and O–H groups in total. The van der Waals surface area contributed by atoms with E-state index in [4.69, 9.17) is 16.6 Å². The Hall–Kier alpha value is -2.73. The average molecular weight is 429 g/mol. The van der Waals surface area contributed by atoms with Crippen LogP contribution in [0.3, 0.4) is 0 Å². The van der Waals surface area contributed by atoms with E-state index in [1.807, 2.05) is 0 Å². The van der Waals surface area contributed by atoms with Crippen molar-refractivity contribution in [3.05, 3.63) is 0 Å². The number of amides is 3. The van der Waals surface area contributed by atoms with Crippen LogP contribution in [0.5, 0.6) is 0 Å². The van der Waals surface area contributed by atoms with Gasteiger partial charge in [-0.05, 0) is 45.1 Å². The van der Waals surface area contributed by atoms with Crippen molar-refractivity contribution < 1.29 is 34.2 Å². The monoisotopic (exact) mass is 429 g/mol. The number of hydrogen-bond donors (Lipinski definition) is 6. The van der Waals surface area contributed by atoms with Gasteiger partial charge in [0, 0.05) is 13.0 Å². The van der Waals surface area contributed by atoms with Crippen LogP contribution in [0.1, 0.15) is 44.9 Å². The number of likely N-dealkylation sites (tertiary alicyclic amines) is 1. The van der Waals surface area contributed by atoms with E-state index in [1.54, 1.807) is 0 Å². The zero-order valence-electron chi connectivity index (χ0n) is 16.8. The summed E-state index contributed by atoms with van der Waals surface area (Å²) >= 11 is 0. The van der Waals surface area contributed by atoms with Crippen molar-refractivity contribution in [2.75, 3.05) is 19.6 Å². The maximum Gasteiger partial charge on any atom is 0.326 e. The Labute approximate surface area is 174 Å². The van der Waals surface area contributed by atoms with E-state index in [0.29, 0.717) is 25.8 Å². The molecule has 0 bridgehead atoms. The molecule has 12 nitrogen and oxygen atoms in total. The second-order valence-electron chi connectivity index (χ2n) is 7.13. The standard InChI is InChI=1S/C18H31N5O7/c19-8-2-1-4-11(21-14(24)10-20)16(27)22-12(6-7-15(25)26)17(28)23-9-3-5-13(23)18(29)30/h11-13H,1-10,19-20H2,(H,21,24)(H,22,27)(H,25,26)(H,29,30). The molecule has 0 saturated carbocycles. The van der Waals surface area contributed by atoms with Crippen LogP contribution in [0.15, 0.2) is 0 Å². The molecule has 0 aliphatic carbocycles. The zero-order valence-corrected chi connectivity index (χ0v) is 16.8. The quantitative estimate of drug-likeness (QED) is 0.178. The van der Waals surface area contributed by atoms with Gasteiger partial charge in [0.05, 0.1) is 6.54 Å². The Morgan fingerprint density at radius 3 is 2.27 bits per heavy atom. The fourth-order valence-electron chi connectivity index (χ4n) is 3.30. The fourth-order valence-corrected chi connectivity index (χ4v) is 3.30. The first-order valence-electron chi connectivity index (χ1n) is 9.96. The number of carbonyl (C=O) groups is 5. The molecule has 0 radical (unpaired) electrons. The van der Waals surface area contributed by atoms with E-state index in [2.05, 4.69) is 10.6 Å². The normalized spacial score (nSPS) is 17.8. The summed E-state index contributed by atoms with van der Waals surface area (Å²) in [6.45, 7) is 0.291. The van der Waals surface area contributed by atoms with Crippen molar-refractivity contribution >= 4 is 29.7 Å². The van der Waals surface area contributed by atoms with Gasteiger partial charge in [-0.15, -0.1) is 0 Å². The SMILES string of the molecule is NCCCCC(NC(=O)CN)C(=O)NC(CCC(=O)O)C(=O)N1CCCC1C(=O)O. The highest BCUT2D eigenvalue weighted by Crippen LogP contribution is 2.19. The molecular formula is C18H31N5O7. The molecule has 0 spiro atoms. The first-order valence-corrected chi connectivity index (χ1v) is 9.96. The van der Waals surface area contributed by atoms with E-state index in [9.17, 15) is 29.1 Å². The largest absolute Gasteiger partial charge is 0.481 e. The number of aliphatic carboxylic acids is 2. The third-order valence-electron chi connectivity index (χ3n) is 4.87. The number of unbranched alkanes of at least 4 members (excludes halogenated alkanes) is 1. The van der Waals surface area contributed by atoms with E-state index < -0.39 is 54.2 Å². The molecule has 1 aliphatic heterocycles. The summed E-state index contributed by atoms with van der Waals surface area (Å²) < 4.78 is 0. The van der Waals surface area contributed by atoms with Gasteiger partial charge in [-0.2, -0.15) is 0 Å². The predicted octanol–water partition coefficient (Wildman–Crippen LogP) is -2.02. The van der Waals surface area contributed by atoms with Gasteiger partial charge in [-0.3, -0.25) is 19.2 Å². The zero-order chi connectivity index (χ0) is 22.7. The minimum absolute atomic E-state index is 0.205. The molecule has 1 saturated heterocycles. The Balaban J connectivity index is 2.94. The number of carbonyl (C=O) groups excluding carboxylic acids is 3. The van der Waals surface area contributed by atoms with Crippen LogP contribution in [0, 0.1) is 0 Å². The Morgan fingerprint density at radius 1 is 1.00 bits per heavy atom. The number of hydrogen-bond acceptors (Lipinski definition) is 7. The van der Waals surface area contributed by atoms with Gasteiger partial charge in [-0.1, -0.05) is 0 Å². The molecule has 3 unspecified atom stereocenters. The maximum absolute atomic E-state index is 12.9. The van der Waals surface area contributed by atoms with Crippen molar-refractivity contribution in [2.45, 2.75) is 63.1 Å². The lowest BCUT2D eigenvalue weighted by molar-refractivity contribution is -0.150. The molecule has 3 amide bonds. The second-order valence-corrected chi connectivity index (χ2v) is 7.13. The smallest absolute Gasteiger partial charge is 0.326 e. The highest BCUT2D eigenvalue weighted by molar-refractivity contribution is 5.94. The van der Waals surface area contributed by atoms with E-state index in [-0.39, 0.29) is 32.4 Å². The molecule has 0 aromatic rings. The minimum Gasteiger partial charge on any atom is -0.481 e. The van der Waals surface area contributed by atoms with Crippen molar-refractivity contribution in [1.29, 1.82) is 0 Å². The number of rotatable bonds is 13. The predicted molar refractivity (Wildman–Crippen MR) is 105 cm³/mol. The third kappa shape index (κ3) is 7.95. The van der Waals surface area contributed by atoms with Crippen molar-refractivity contribution in [2.24, 2.45) is 11.5 Å². The van der Waals surface area contributed by atoms with Gasteiger partial charge in [-0.25, -0.2) is 4.79 Å². The molecule has 1 rings (SSSR count). The van der Waals surface area contributed by atoms with Gasteiger partial charge in [0.15, 0.2) is 0 Å². The maximum atomic E-state index is 12.9. The summed E-state index contributed by atoms with van der Waals surface area (Å²) in [6.07, 6.45) is 1.61. The van der Waals surface area contributed by atoms with Crippen molar-refractivity contribution in [1.82, 2.24) is 15.5 Å². The molecule has 12 heteroatoms. The molecule has 1 fully saturated rings. The first kappa shape index (κ1) is 25.3. The summed E-state index contributed by atoms with van der Waals surface area (Å²) in [5.41, 5.74) is 10.7. The van der Waals surface area contributed by atoms with Crippen LogP contribution in [-0.2, 0) is 24.0 Å². The molecule has 3 atom stereocenters. The summed E-state index contributed by atoms with van der Waals surface area (Å²) in [4.78, 5) is 60.8. The minimum atomic E-state index is -1.22. The van der Waals surface area contributed by atoms with Crippen molar-refractivity contribution in [3.8, 4) is 0 Å². The molecule has 0 aromatic carbocycles. The van der Waals surface area contributed by atoms with E-state index in [0.717, 1.165) is 4.90 Å². The summed E-state index contributed by atoms with van der Waals surface area (Å²) in [7, 11) is 0. The molecule has 0 aromatic heterocycles. The van der Waals surface area contributed by atoms with Crippen molar-refractivity contribution in [3.63, 3.8) is 0 Å².